The Balaban J connectivity index is 2.80. The summed E-state index contributed by atoms with van der Waals surface area (Å²) in [4.78, 5) is 2.27. The first-order chi connectivity index (χ1) is 6.72. The van der Waals surface area contributed by atoms with Crippen LogP contribution in [0.3, 0.4) is 0 Å². The predicted molar refractivity (Wildman–Crippen MR) is 54.7 cm³/mol. The van der Waals surface area contributed by atoms with Gasteiger partial charge in [0.15, 0.2) is 0 Å². The normalized spacial score (nSPS) is 13.4. The summed E-state index contributed by atoms with van der Waals surface area (Å²) < 4.78 is 5.24. The molecular formula is C9H18N4O. The Labute approximate surface area is 84.3 Å². The Morgan fingerprint density at radius 2 is 1.93 bits per heavy atom. The lowest BCUT2D eigenvalue weighted by atomic mass is 10.2. The van der Waals surface area contributed by atoms with Gasteiger partial charge in [-0.1, -0.05) is 25.9 Å². The molecule has 5 heteroatoms. The minimum atomic E-state index is 0.144. The van der Waals surface area contributed by atoms with Crippen LogP contribution in [-0.2, 0) is 0 Å². The van der Waals surface area contributed by atoms with Crippen molar-refractivity contribution in [3.8, 4) is 0 Å². The number of aromatic nitrogens is 2. The maximum Gasteiger partial charge on any atom is 0.312 e. The average Bonchev–Trinajstić information content (AvgIpc) is 2.60. The maximum absolute atomic E-state index is 5.40. The molecule has 0 saturated carbocycles. The molecule has 1 atom stereocenters. The molecule has 1 aromatic rings. The van der Waals surface area contributed by atoms with Crippen molar-refractivity contribution in [3.05, 3.63) is 5.89 Å². The maximum atomic E-state index is 5.40. The molecule has 1 heterocycles. The van der Waals surface area contributed by atoms with Crippen LogP contribution < -0.4 is 5.73 Å². The van der Waals surface area contributed by atoms with Gasteiger partial charge in [-0.15, -0.1) is 5.10 Å². The minimum Gasteiger partial charge on any atom is -0.407 e. The second-order valence-corrected chi connectivity index (χ2v) is 3.12. The molecule has 80 valence electrons. The predicted octanol–water partition coefficient (Wildman–Crippen LogP) is 1.44. The lowest BCUT2D eigenvalue weighted by Crippen LogP contribution is -2.28. The molecule has 0 saturated heterocycles. The van der Waals surface area contributed by atoms with Gasteiger partial charge >= 0.3 is 6.01 Å². The van der Waals surface area contributed by atoms with Crippen molar-refractivity contribution >= 4 is 6.01 Å². The van der Waals surface area contributed by atoms with E-state index in [4.69, 9.17) is 10.2 Å². The summed E-state index contributed by atoms with van der Waals surface area (Å²) in [6, 6.07) is 0.334. The number of hydrogen-bond acceptors (Lipinski definition) is 5. The van der Waals surface area contributed by atoms with Crippen molar-refractivity contribution in [2.24, 2.45) is 0 Å². The van der Waals surface area contributed by atoms with Crippen LogP contribution in [0.25, 0.3) is 0 Å². The van der Waals surface area contributed by atoms with Gasteiger partial charge in [0.05, 0.1) is 6.04 Å². The topological polar surface area (TPSA) is 68.2 Å². The standard InChI is InChI=1S/C9H18N4O/c1-4-7(13(5-2)6-3)8-11-12-9(10)14-8/h7H,4-6H2,1-3H3,(H2,10,12). The SMILES string of the molecule is CCC(c1nnc(N)o1)N(CC)CC. The number of hydrogen-bond donors (Lipinski definition) is 1. The highest BCUT2D eigenvalue weighted by Crippen LogP contribution is 2.22. The molecule has 0 aliphatic carbocycles. The lowest BCUT2D eigenvalue weighted by molar-refractivity contribution is 0.183. The molecule has 0 aromatic carbocycles. The first kappa shape index (κ1) is 11.0. The van der Waals surface area contributed by atoms with Gasteiger partial charge in [0.2, 0.25) is 5.89 Å². The Bertz CT molecular complexity index is 270. The van der Waals surface area contributed by atoms with E-state index in [-0.39, 0.29) is 12.1 Å². The van der Waals surface area contributed by atoms with E-state index in [0.717, 1.165) is 19.5 Å². The smallest absolute Gasteiger partial charge is 0.312 e. The van der Waals surface area contributed by atoms with Crippen molar-refractivity contribution in [1.29, 1.82) is 0 Å². The highest BCUT2D eigenvalue weighted by molar-refractivity contribution is 5.06. The van der Waals surface area contributed by atoms with Crippen molar-refractivity contribution in [2.75, 3.05) is 18.8 Å². The fourth-order valence-electron chi connectivity index (χ4n) is 1.63. The summed E-state index contributed by atoms with van der Waals surface area (Å²) in [5.74, 6) is 0.619. The Morgan fingerprint density at radius 1 is 1.29 bits per heavy atom. The fourth-order valence-corrected chi connectivity index (χ4v) is 1.63. The zero-order chi connectivity index (χ0) is 10.6. The molecule has 0 amide bonds. The molecule has 14 heavy (non-hydrogen) atoms. The van der Waals surface area contributed by atoms with Crippen LogP contribution in [0.4, 0.5) is 6.01 Å². The molecular weight excluding hydrogens is 180 g/mol. The second-order valence-electron chi connectivity index (χ2n) is 3.12. The van der Waals surface area contributed by atoms with E-state index in [0.29, 0.717) is 5.89 Å². The third kappa shape index (κ3) is 2.23. The quantitative estimate of drug-likeness (QED) is 0.775. The minimum absolute atomic E-state index is 0.144. The third-order valence-corrected chi connectivity index (χ3v) is 2.38. The summed E-state index contributed by atoms with van der Waals surface area (Å²) >= 11 is 0. The van der Waals surface area contributed by atoms with E-state index in [2.05, 4.69) is 35.9 Å². The van der Waals surface area contributed by atoms with Crippen molar-refractivity contribution < 1.29 is 4.42 Å². The van der Waals surface area contributed by atoms with Crippen LogP contribution >= 0.6 is 0 Å². The van der Waals surface area contributed by atoms with Crippen LogP contribution in [-0.4, -0.2) is 28.2 Å². The monoisotopic (exact) mass is 198 g/mol. The summed E-state index contributed by atoms with van der Waals surface area (Å²) in [5, 5.41) is 7.59. The summed E-state index contributed by atoms with van der Waals surface area (Å²) in [6.45, 7) is 8.27. The highest BCUT2D eigenvalue weighted by Gasteiger charge is 2.21. The zero-order valence-electron chi connectivity index (χ0n) is 9.03. The average molecular weight is 198 g/mol. The molecule has 1 rings (SSSR count). The highest BCUT2D eigenvalue weighted by atomic mass is 16.4. The molecule has 5 nitrogen and oxygen atoms in total. The molecule has 0 aliphatic heterocycles. The van der Waals surface area contributed by atoms with Gasteiger partial charge in [0, 0.05) is 0 Å². The number of nitrogen functional groups attached to an aromatic ring is 1. The first-order valence-corrected chi connectivity index (χ1v) is 5.05. The van der Waals surface area contributed by atoms with E-state index in [1.54, 1.807) is 0 Å². The van der Waals surface area contributed by atoms with E-state index < -0.39 is 0 Å². The van der Waals surface area contributed by atoms with Crippen molar-refractivity contribution in [2.45, 2.75) is 33.2 Å². The van der Waals surface area contributed by atoms with Crippen LogP contribution in [0.5, 0.6) is 0 Å². The lowest BCUT2D eigenvalue weighted by Gasteiger charge is -2.25. The third-order valence-electron chi connectivity index (χ3n) is 2.38. The number of anilines is 1. The number of nitrogens with zero attached hydrogens (tertiary/aromatic N) is 3. The van der Waals surface area contributed by atoms with Gasteiger partial charge in [0.1, 0.15) is 0 Å². The largest absolute Gasteiger partial charge is 0.407 e. The Hall–Kier alpha value is -1.10. The Kier molecular flexibility index (Phi) is 3.88. The van der Waals surface area contributed by atoms with Crippen molar-refractivity contribution in [1.82, 2.24) is 15.1 Å². The summed E-state index contributed by atoms with van der Waals surface area (Å²) in [6.07, 6.45) is 0.948. The van der Waals surface area contributed by atoms with Gasteiger partial charge in [-0.05, 0) is 19.5 Å². The molecule has 0 bridgehead atoms. The first-order valence-electron chi connectivity index (χ1n) is 5.05. The van der Waals surface area contributed by atoms with Crippen LogP contribution in [0.2, 0.25) is 0 Å². The van der Waals surface area contributed by atoms with Crippen molar-refractivity contribution in [3.63, 3.8) is 0 Å². The van der Waals surface area contributed by atoms with Crippen LogP contribution in [0.1, 0.15) is 39.1 Å². The molecule has 0 spiro atoms. The molecule has 0 fully saturated rings. The van der Waals surface area contributed by atoms with E-state index in [9.17, 15) is 0 Å². The van der Waals surface area contributed by atoms with Gasteiger partial charge in [-0.25, -0.2) is 0 Å². The second kappa shape index (κ2) is 4.95. The molecule has 0 aliphatic rings. The van der Waals surface area contributed by atoms with E-state index in [1.165, 1.54) is 0 Å². The van der Waals surface area contributed by atoms with Gasteiger partial charge in [-0.2, -0.15) is 0 Å². The fraction of sp³-hybridized carbons (Fsp3) is 0.778. The molecule has 0 radical (unpaired) electrons. The van der Waals surface area contributed by atoms with Gasteiger partial charge in [-0.3, -0.25) is 4.90 Å². The molecule has 1 aromatic heterocycles. The summed E-state index contributed by atoms with van der Waals surface area (Å²) in [7, 11) is 0. The number of rotatable bonds is 5. The Morgan fingerprint density at radius 3 is 2.29 bits per heavy atom. The zero-order valence-corrected chi connectivity index (χ0v) is 9.03. The van der Waals surface area contributed by atoms with Gasteiger partial charge < -0.3 is 10.2 Å². The number of nitrogens with two attached hydrogens (primary N) is 1. The van der Waals surface area contributed by atoms with Crippen LogP contribution in [0.15, 0.2) is 4.42 Å². The van der Waals surface area contributed by atoms with Crippen LogP contribution in [0, 0.1) is 0 Å². The van der Waals surface area contributed by atoms with E-state index >= 15 is 0 Å². The van der Waals surface area contributed by atoms with E-state index in [1.807, 2.05) is 0 Å². The molecule has 2 N–H and O–H groups in total. The van der Waals surface area contributed by atoms with Gasteiger partial charge in [0.25, 0.3) is 0 Å². The summed E-state index contributed by atoms with van der Waals surface area (Å²) in [5.41, 5.74) is 5.40. The molecule has 1 unspecified atom stereocenters.